The molecule has 33 heavy (non-hydrogen) atoms. The van der Waals surface area contributed by atoms with Crippen LogP contribution in [-0.4, -0.2) is 16.8 Å². The molecule has 1 atom stereocenters. The molecule has 1 aliphatic rings. The standard InChI is InChI=1S/C28H20FNO3/c1-17-8-6-11-19(16-17)30-25(22-13-4-5-15-23(22)29)24(27(32)28(30)33)26(31)21-14-7-10-18-9-2-3-12-20(18)21/h2-16,25,31H,1H3/b26-24+. The van der Waals surface area contributed by atoms with E-state index < -0.39 is 23.5 Å². The summed E-state index contributed by atoms with van der Waals surface area (Å²) in [7, 11) is 0. The van der Waals surface area contributed by atoms with E-state index in [0.717, 1.165) is 16.3 Å². The zero-order valence-corrected chi connectivity index (χ0v) is 17.8. The number of amides is 1. The molecule has 0 radical (unpaired) electrons. The first-order valence-electron chi connectivity index (χ1n) is 10.6. The first-order chi connectivity index (χ1) is 16.0. The summed E-state index contributed by atoms with van der Waals surface area (Å²) in [4.78, 5) is 27.8. The van der Waals surface area contributed by atoms with Crippen molar-refractivity contribution in [3.05, 3.63) is 119 Å². The number of carbonyl (C=O) groups is 2. The molecule has 5 heteroatoms. The number of hydrogen-bond donors (Lipinski definition) is 1. The average Bonchev–Trinajstić information content (AvgIpc) is 3.09. The molecular formula is C28H20FNO3. The van der Waals surface area contributed by atoms with Crippen LogP contribution in [0.15, 0.2) is 96.6 Å². The number of ketones is 1. The van der Waals surface area contributed by atoms with Crippen molar-refractivity contribution in [2.75, 3.05) is 4.90 Å². The molecule has 4 aromatic carbocycles. The lowest BCUT2D eigenvalue weighted by Gasteiger charge is -2.26. The number of halogens is 1. The number of fused-ring (bicyclic) bond motifs is 1. The lowest BCUT2D eigenvalue weighted by molar-refractivity contribution is -0.132. The molecule has 5 rings (SSSR count). The smallest absolute Gasteiger partial charge is 0.300 e. The third-order valence-corrected chi connectivity index (χ3v) is 5.97. The second-order valence-corrected chi connectivity index (χ2v) is 8.06. The minimum Gasteiger partial charge on any atom is -0.507 e. The fraction of sp³-hybridized carbons (Fsp3) is 0.0714. The van der Waals surface area contributed by atoms with E-state index in [9.17, 15) is 14.7 Å². The van der Waals surface area contributed by atoms with Crippen LogP contribution in [-0.2, 0) is 9.59 Å². The molecule has 1 amide bonds. The van der Waals surface area contributed by atoms with Crippen LogP contribution in [0.5, 0.6) is 0 Å². The second-order valence-electron chi connectivity index (χ2n) is 8.06. The lowest BCUT2D eigenvalue weighted by atomic mass is 9.93. The van der Waals surface area contributed by atoms with Crippen molar-refractivity contribution in [1.82, 2.24) is 0 Å². The van der Waals surface area contributed by atoms with Gasteiger partial charge < -0.3 is 5.11 Å². The van der Waals surface area contributed by atoms with Crippen LogP contribution in [0.2, 0.25) is 0 Å². The van der Waals surface area contributed by atoms with E-state index in [0.29, 0.717) is 11.3 Å². The Balaban J connectivity index is 1.81. The van der Waals surface area contributed by atoms with Gasteiger partial charge in [-0.15, -0.1) is 0 Å². The van der Waals surface area contributed by atoms with Gasteiger partial charge in [-0.1, -0.05) is 72.8 Å². The normalized spacial score (nSPS) is 17.6. The summed E-state index contributed by atoms with van der Waals surface area (Å²) in [6.45, 7) is 1.87. The number of anilines is 1. The average molecular weight is 437 g/mol. The summed E-state index contributed by atoms with van der Waals surface area (Å²) >= 11 is 0. The highest BCUT2D eigenvalue weighted by Crippen LogP contribution is 2.43. The molecule has 0 spiro atoms. The number of aryl methyl sites for hydroxylation is 1. The predicted octanol–water partition coefficient (Wildman–Crippen LogP) is 5.91. The van der Waals surface area contributed by atoms with Crippen LogP contribution in [0.4, 0.5) is 10.1 Å². The van der Waals surface area contributed by atoms with Gasteiger partial charge in [-0.05, 0) is 41.5 Å². The third kappa shape index (κ3) is 3.38. The molecule has 162 valence electrons. The Morgan fingerprint density at radius 1 is 0.879 bits per heavy atom. The first-order valence-corrected chi connectivity index (χ1v) is 10.6. The van der Waals surface area contributed by atoms with Crippen LogP contribution >= 0.6 is 0 Å². The van der Waals surface area contributed by atoms with Crippen molar-refractivity contribution in [1.29, 1.82) is 0 Å². The Labute approximate surface area is 190 Å². The molecule has 0 bridgehead atoms. The monoisotopic (exact) mass is 437 g/mol. The molecule has 0 saturated carbocycles. The molecule has 1 N–H and O–H groups in total. The van der Waals surface area contributed by atoms with Gasteiger partial charge in [0.25, 0.3) is 11.7 Å². The van der Waals surface area contributed by atoms with Crippen molar-refractivity contribution in [3.63, 3.8) is 0 Å². The number of carbonyl (C=O) groups excluding carboxylic acids is 2. The lowest BCUT2D eigenvalue weighted by Crippen LogP contribution is -2.29. The quantitative estimate of drug-likeness (QED) is 0.246. The van der Waals surface area contributed by atoms with E-state index in [-0.39, 0.29) is 16.9 Å². The van der Waals surface area contributed by atoms with Crippen molar-refractivity contribution >= 4 is 33.9 Å². The van der Waals surface area contributed by atoms with Crippen LogP contribution in [0, 0.1) is 12.7 Å². The number of aliphatic hydroxyl groups is 1. The highest BCUT2D eigenvalue weighted by atomic mass is 19.1. The van der Waals surface area contributed by atoms with E-state index in [2.05, 4.69) is 0 Å². The minimum atomic E-state index is -1.10. The Bertz CT molecular complexity index is 1450. The molecule has 1 fully saturated rings. The van der Waals surface area contributed by atoms with Gasteiger partial charge in [0.1, 0.15) is 11.6 Å². The maximum Gasteiger partial charge on any atom is 0.300 e. The largest absolute Gasteiger partial charge is 0.507 e. The molecule has 1 unspecified atom stereocenters. The van der Waals surface area contributed by atoms with E-state index in [1.165, 1.54) is 17.0 Å². The SMILES string of the molecule is Cc1cccc(N2C(=O)C(=O)/C(=C(/O)c3cccc4ccccc34)C2c2ccccc2F)c1. The zero-order valence-electron chi connectivity index (χ0n) is 17.8. The number of aliphatic hydroxyl groups excluding tert-OH is 1. The van der Waals surface area contributed by atoms with Gasteiger partial charge in [0.05, 0.1) is 11.6 Å². The number of benzene rings is 4. The number of rotatable bonds is 3. The van der Waals surface area contributed by atoms with Gasteiger partial charge in [0.2, 0.25) is 0 Å². The highest BCUT2D eigenvalue weighted by Gasteiger charge is 2.47. The summed E-state index contributed by atoms with van der Waals surface area (Å²) in [6.07, 6.45) is 0. The van der Waals surface area contributed by atoms with E-state index in [1.54, 1.807) is 42.5 Å². The molecule has 0 aliphatic carbocycles. The van der Waals surface area contributed by atoms with Gasteiger partial charge in [0, 0.05) is 16.8 Å². The topological polar surface area (TPSA) is 57.6 Å². The zero-order chi connectivity index (χ0) is 23.1. The van der Waals surface area contributed by atoms with Gasteiger partial charge >= 0.3 is 0 Å². The fourth-order valence-electron chi connectivity index (χ4n) is 4.44. The van der Waals surface area contributed by atoms with Gasteiger partial charge in [-0.25, -0.2) is 4.39 Å². The molecule has 0 aromatic heterocycles. The number of hydrogen-bond acceptors (Lipinski definition) is 3. The van der Waals surface area contributed by atoms with Crippen LogP contribution in [0.1, 0.15) is 22.7 Å². The van der Waals surface area contributed by atoms with Gasteiger partial charge in [-0.3, -0.25) is 14.5 Å². The van der Waals surface area contributed by atoms with Crippen LogP contribution < -0.4 is 4.90 Å². The van der Waals surface area contributed by atoms with E-state index in [1.807, 2.05) is 43.3 Å². The third-order valence-electron chi connectivity index (χ3n) is 5.97. The van der Waals surface area contributed by atoms with Gasteiger partial charge in [0.15, 0.2) is 0 Å². The Morgan fingerprint density at radius 2 is 1.58 bits per heavy atom. The summed E-state index contributed by atoms with van der Waals surface area (Å²) < 4.78 is 15.0. The number of nitrogens with zero attached hydrogens (tertiary/aromatic N) is 1. The second kappa shape index (κ2) is 8.02. The maximum atomic E-state index is 15.0. The summed E-state index contributed by atoms with van der Waals surface area (Å²) in [5.41, 5.74) is 1.76. The van der Waals surface area contributed by atoms with Gasteiger partial charge in [-0.2, -0.15) is 0 Å². The highest BCUT2D eigenvalue weighted by molar-refractivity contribution is 6.51. The Kier molecular flexibility index (Phi) is 5.02. The van der Waals surface area contributed by atoms with Crippen LogP contribution in [0.3, 0.4) is 0 Å². The molecule has 4 nitrogen and oxygen atoms in total. The molecule has 4 aromatic rings. The van der Waals surface area contributed by atoms with E-state index in [4.69, 9.17) is 0 Å². The van der Waals surface area contributed by atoms with Crippen molar-refractivity contribution in [3.8, 4) is 0 Å². The first kappa shape index (κ1) is 20.6. The molecular weight excluding hydrogens is 417 g/mol. The van der Waals surface area contributed by atoms with E-state index >= 15 is 4.39 Å². The summed E-state index contributed by atoms with van der Waals surface area (Å²) in [5.74, 6) is -2.55. The number of Topliss-reactive ketones (excluding diaryl/α,β-unsaturated/α-hetero) is 1. The summed E-state index contributed by atoms with van der Waals surface area (Å²) in [6, 6.07) is 24.8. The minimum absolute atomic E-state index is 0.136. The fourth-order valence-corrected chi connectivity index (χ4v) is 4.44. The van der Waals surface area contributed by atoms with Crippen LogP contribution in [0.25, 0.3) is 16.5 Å². The Morgan fingerprint density at radius 3 is 2.36 bits per heavy atom. The summed E-state index contributed by atoms with van der Waals surface area (Å²) in [5, 5.41) is 13.0. The van der Waals surface area contributed by atoms with Crippen molar-refractivity contribution < 1.29 is 19.1 Å². The molecule has 1 heterocycles. The molecule has 1 saturated heterocycles. The van der Waals surface area contributed by atoms with Crippen molar-refractivity contribution in [2.45, 2.75) is 13.0 Å². The van der Waals surface area contributed by atoms with Crippen molar-refractivity contribution in [2.24, 2.45) is 0 Å². The maximum absolute atomic E-state index is 15.0. The Hall–Kier alpha value is -4.25. The predicted molar refractivity (Wildman–Crippen MR) is 126 cm³/mol. The molecule has 1 aliphatic heterocycles.